The molecular formula is C17H17N7O2S. The van der Waals surface area contributed by atoms with Crippen LogP contribution in [-0.4, -0.2) is 26.5 Å². The maximum absolute atomic E-state index is 12.0. The van der Waals surface area contributed by atoms with E-state index >= 15 is 0 Å². The van der Waals surface area contributed by atoms with E-state index in [1.807, 2.05) is 18.2 Å². The summed E-state index contributed by atoms with van der Waals surface area (Å²) in [6, 6.07) is 8.79. The van der Waals surface area contributed by atoms with Crippen LogP contribution in [0.15, 0.2) is 71.0 Å². The predicted molar refractivity (Wildman–Crippen MR) is 104 cm³/mol. The van der Waals surface area contributed by atoms with E-state index in [1.165, 1.54) is 0 Å². The fourth-order valence-electron chi connectivity index (χ4n) is 2.30. The Labute approximate surface area is 159 Å². The molecule has 1 aromatic carbocycles. The van der Waals surface area contributed by atoms with Crippen LogP contribution in [0.5, 0.6) is 0 Å². The van der Waals surface area contributed by atoms with E-state index in [9.17, 15) is 4.79 Å². The van der Waals surface area contributed by atoms with Gasteiger partial charge in [-0.2, -0.15) is 0 Å². The number of oxime groups is 1. The summed E-state index contributed by atoms with van der Waals surface area (Å²) in [4.78, 5) is 16.3. The Hall–Kier alpha value is -3.37. The van der Waals surface area contributed by atoms with Crippen molar-refractivity contribution in [3.63, 3.8) is 0 Å². The lowest BCUT2D eigenvalue weighted by Crippen LogP contribution is -2.23. The van der Waals surface area contributed by atoms with Crippen molar-refractivity contribution in [1.29, 1.82) is 0 Å². The Morgan fingerprint density at radius 2 is 2.07 bits per heavy atom. The van der Waals surface area contributed by atoms with Crippen LogP contribution in [0.1, 0.15) is 5.82 Å². The molecule has 0 bridgehead atoms. The molecule has 0 unspecified atom stereocenters. The molecule has 0 atom stereocenters. The number of hydrogen-bond acceptors (Lipinski definition) is 7. The Kier molecular flexibility index (Phi) is 5.69. The molecule has 2 amide bonds. The van der Waals surface area contributed by atoms with Crippen molar-refractivity contribution in [1.82, 2.24) is 19.5 Å². The number of para-hydroxylation sites is 1. The number of anilines is 1. The zero-order chi connectivity index (χ0) is 19.2. The van der Waals surface area contributed by atoms with Crippen LogP contribution in [0.2, 0.25) is 0 Å². The monoisotopic (exact) mass is 383 g/mol. The second-order valence-corrected chi connectivity index (χ2v) is 6.20. The standard InChI is InChI=1S/C17H17N7O2S/c1-11-10-12(8-9-14(11)22-26-18)15-20-21-17(24(15)2)27-23-16(25)19-13-6-4-3-5-7-13/h3-10H,1,18H2,2H3,(H2,19,23,25)/b22-14-. The van der Waals surface area contributed by atoms with Gasteiger partial charge >= 0.3 is 6.03 Å². The van der Waals surface area contributed by atoms with Gasteiger partial charge in [0, 0.05) is 30.3 Å². The second kappa shape index (κ2) is 8.34. The van der Waals surface area contributed by atoms with E-state index < -0.39 is 0 Å². The minimum Gasteiger partial charge on any atom is -0.307 e. The van der Waals surface area contributed by atoms with Gasteiger partial charge < -0.3 is 14.8 Å². The summed E-state index contributed by atoms with van der Waals surface area (Å²) < 4.78 is 4.44. The number of allylic oxidation sites excluding steroid dienone is 5. The number of aromatic nitrogens is 3. The molecule has 1 aliphatic rings. The van der Waals surface area contributed by atoms with Gasteiger partial charge in [-0.3, -0.25) is 4.72 Å². The van der Waals surface area contributed by atoms with Crippen molar-refractivity contribution in [2.75, 3.05) is 5.32 Å². The summed E-state index contributed by atoms with van der Waals surface area (Å²) in [6.45, 7) is 3.90. The second-order valence-electron chi connectivity index (χ2n) is 5.43. The fraction of sp³-hybridized carbons (Fsp3) is 0.0588. The lowest BCUT2D eigenvalue weighted by atomic mass is 10.0. The maximum Gasteiger partial charge on any atom is 0.329 e. The molecule has 4 N–H and O–H groups in total. The highest BCUT2D eigenvalue weighted by atomic mass is 32.2. The predicted octanol–water partition coefficient (Wildman–Crippen LogP) is 2.40. The van der Waals surface area contributed by atoms with Crippen LogP contribution in [0.3, 0.4) is 0 Å². The van der Waals surface area contributed by atoms with Gasteiger partial charge in [0.1, 0.15) is 5.71 Å². The van der Waals surface area contributed by atoms with Crippen LogP contribution < -0.4 is 15.9 Å². The van der Waals surface area contributed by atoms with Crippen LogP contribution in [0.4, 0.5) is 10.5 Å². The van der Waals surface area contributed by atoms with Gasteiger partial charge in [0.2, 0.25) is 5.16 Å². The third kappa shape index (κ3) is 4.43. The fourth-order valence-corrected chi connectivity index (χ4v) is 2.84. The molecule has 2 aromatic rings. The number of nitrogens with two attached hydrogens (primary N) is 1. The van der Waals surface area contributed by atoms with Gasteiger partial charge in [0.05, 0.1) is 0 Å². The number of amides is 2. The third-order valence-electron chi connectivity index (χ3n) is 3.59. The highest BCUT2D eigenvalue weighted by Crippen LogP contribution is 2.23. The normalized spacial score (nSPS) is 14.8. The molecule has 0 saturated carbocycles. The molecule has 1 aliphatic carbocycles. The smallest absolute Gasteiger partial charge is 0.307 e. The Morgan fingerprint density at radius 3 is 2.78 bits per heavy atom. The zero-order valence-corrected chi connectivity index (χ0v) is 15.2. The van der Waals surface area contributed by atoms with Crippen molar-refractivity contribution in [3.8, 4) is 0 Å². The average molecular weight is 383 g/mol. The van der Waals surface area contributed by atoms with Crippen molar-refractivity contribution in [2.45, 2.75) is 5.16 Å². The number of nitrogens with zero attached hydrogens (tertiary/aromatic N) is 4. The highest BCUT2D eigenvalue weighted by Gasteiger charge is 2.16. The Morgan fingerprint density at radius 1 is 1.30 bits per heavy atom. The molecular weight excluding hydrogens is 366 g/mol. The Balaban J connectivity index is 1.65. The largest absolute Gasteiger partial charge is 0.329 e. The molecule has 0 radical (unpaired) electrons. The first-order valence-electron chi connectivity index (χ1n) is 7.80. The van der Waals surface area contributed by atoms with Crippen LogP contribution in [0.25, 0.3) is 5.57 Å². The summed E-state index contributed by atoms with van der Waals surface area (Å²) in [6.07, 6.45) is 5.32. The number of carbonyl (C=O) groups excluding carboxylic acids is 1. The summed E-state index contributed by atoms with van der Waals surface area (Å²) in [5, 5.41) is 15.2. The van der Waals surface area contributed by atoms with E-state index in [0.29, 0.717) is 28.0 Å². The molecule has 10 heteroatoms. The van der Waals surface area contributed by atoms with E-state index in [4.69, 9.17) is 5.90 Å². The van der Waals surface area contributed by atoms with Crippen LogP contribution in [0, 0.1) is 0 Å². The lowest BCUT2D eigenvalue weighted by molar-refractivity contribution is 0.149. The molecule has 0 fully saturated rings. The molecule has 3 rings (SSSR count). The molecule has 0 aliphatic heterocycles. The number of hydrogen-bond donors (Lipinski definition) is 3. The van der Waals surface area contributed by atoms with E-state index in [1.54, 1.807) is 42.0 Å². The van der Waals surface area contributed by atoms with E-state index in [-0.39, 0.29) is 6.03 Å². The molecule has 1 aromatic heterocycles. The van der Waals surface area contributed by atoms with E-state index in [2.05, 4.69) is 36.9 Å². The summed E-state index contributed by atoms with van der Waals surface area (Å²) in [5.74, 6) is 5.57. The zero-order valence-electron chi connectivity index (χ0n) is 14.4. The average Bonchev–Trinajstić information content (AvgIpc) is 3.03. The van der Waals surface area contributed by atoms with Gasteiger partial charge in [-0.25, -0.2) is 4.79 Å². The first-order valence-corrected chi connectivity index (χ1v) is 8.61. The van der Waals surface area contributed by atoms with Gasteiger partial charge in [0.25, 0.3) is 0 Å². The van der Waals surface area contributed by atoms with Gasteiger partial charge in [-0.05, 0) is 35.9 Å². The summed E-state index contributed by atoms with van der Waals surface area (Å²) >= 11 is 1.06. The minimum atomic E-state index is -0.358. The maximum atomic E-state index is 12.0. The molecule has 0 saturated heterocycles. The van der Waals surface area contributed by atoms with Crippen molar-refractivity contribution < 1.29 is 9.73 Å². The minimum absolute atomic E-state index is 0.358. The third-order valence-corrected chi connectivity index (χ3v) is 4.42. The Bertz CT molecular complexity index is 947. The topological polar surface area (TPSA) is 119 Å². The molecule has 138 valence electrons. The van der Waals surface area contributed by atoms with Crippen LogP contribution >= 0.6 is 11.9 Å². The molecule has 27 heavy (non-hydrogen) atoms. The summed E-state index contributed by atoms with van der Waals surface area (Å²) in [5.41, 5.74) is 2.66. The number of carbonyl (C=O) groups is 1. The quantitative estimate of drug-likeness (QED) is 0.539. The van der Waals surface area contributed by atoms with Gasteiger partial charge in [0.15, 0.2) is 5.82 Å². The number of urea groups is 1. The van der Waals surface area contributed by atoms with Gasteiger partial charge in [-0.15, -0.1) is 16.1 Å². The highest BCUT2D eigenvalue weighted by molar-refractivity contribution is 7.97. The van der Waals surface area contributed by atoms with Crippen molar-refractivity contribution in [2.24, 2.45) is 18.1 Å². The SMILES string of the molecule is C=C1C=C(c2nnc(SNC(=O)Nc3ccccc3)n2C)C=C/C1=N/ON. The number of rotatable bonds is 5. The van der Waals surface area contributed by atoms with E-state index in [0.717, 1.165) is 17.5 Å². The molecule has 9 nitrogen and oxygen atoms in total. The first kappa shape index (κ1) is 18.4. The first-order chi connectivity index (χ1) is 13.1. The summed E-state index contributed by atoms with van der Waals surface area (Å²) in [7, 11) is 1.80. The molecule has 0 spiro atoms. The van der Waals surface area contributed by atoms with Crippen molar-refractivity contribution >= 4 is 35.0 Å². The lowest BCUT2D eigenvalue weighted by Gasteiger charge is -2.10. The van der Waals surface area contributed by atoms with Crippen molar-refractivity contribution in [3.05, 3.63) is 66.5 Å². The van der Waals surface area contributed by atoms with Gasteiger partial charge in [-0.1, -0.05) is 29.9 Å². The number of nitrogens with one attached hydrogen (secondary N) is 2. The van der Waals surface area contributed by atoms with Crippen LogP contribution in [-0.2, 0) is 12.0 Å². The number of benzene rings is 1. The molecule has 1 heterocycles.